The number of aromatic nitrogens is 4. The molecule has 2 fully saturated rings. The maximum absolute atomic E-state index is 5.83. The Morgan fingerprint density at radius 3 is 2.83 bits per heavy atom. The number of aryl methyl sites for hydroxylation is 1. The molecule has 1 atom stereocenters. The van der Waals surface area contributed by atoms with Crippen molar-refractivity contribution in [3.05, 3.63) is 23.5 Å². The maximum Gasteiger partial charge on any atom is 0.230 e. The number of hydrogen-bond donors (Lipinski definition) is 0. The van der Waals surface area contributed by atoms with Crippen LogP contribution in [-0.2, 0) is 13.1 Å². The summed E-state index contributed by atoms with van der Waals surface area (Å²) in [5, 5.41) is 12.4. The third-order valence-corrected chi connectivity index (χ3v) is 5.13. The number of likely N-dealkylation sites (tertiary alicyclic amines) is 1. The van der Waals surface area contributed by atoms with Gasteiger partial charge in [0, 0.05) is 32.0 Å². The Labute approximate surface area is 141 Å². The third-order valence-electron chi connectivity index (χ3n) is 5.13. The van der Waals surface area contributed by atoms with E-state index >= 15 is 0 Å². The molecule has 1 saturated carbocycles. The first-order valence-corrected chi connectivity index (χ1v) is 8.71. The van der Waals surface area contributed by atoms with Gasteiger partial charge in [0.05, 0.1) is 13.1 Å². The summed E-state index contributed by atoms with van der Waals surface area (Å²) < 4.78 is 10.9. The predicted octanol–water partition coefficient (Wildman–Crippen LogP) is 1.73. The highest BCUT2D eigenvalue weighted by Crippen LogP contribution is 2.35. The van der Waals surface area contributed by atoms with E-state index in [9.17, 15) is 0 Å². The lowest BCUT2D eigenvalue weighted by Crippen LogP contribution is -2.34. The zero-order chi connectivity index (χ0) is 16.5. The zero-order valence-electron chi connectivity index (χ0n) is 14.3. The van der Waals surface area contributed by atoms with Crippen molar-refractivity contribution in [1.82, 2.24) is 30.1 Å². The van der Waals surface area contributed by atoms with Crippen molar-refractivity contribution in [1.29, 1.82) is 0 Å². The number of hydrogen-bond acceptors (Lipinski definition) is 8. The van der Waals surface area contributed by atoms with Crippen LogP contribution in [-0.4, -0.2) is 56.3 Å². The van der Waals surface area contributed by atoms with Crippen molar-refractivity contribution in [2.75, 3.05) is 20.1 Å². The third kappa shape index (κ3) is 3.34. The standard InChI is InChI=1S/C16H24N6O2/c1-11-17-14(20-24-11)9-21(2)13-6-7-22(8-13)10-15-18-19-16(23-15)12-4-3-5-12/h12-13H,3-10H2,1-2H3. The van der Waals surface area contributed by atoms with Crippen LogP contribution >= 0.6 is 0 Å². The summed E-state index contributed by atoms with van der Waals surface area (Å²) in [7, 11) is 2.11. The van der Waals surface area contributed by atoms with Crippen molar-refractivity contribution < 1.29 is 8.94 Å². The van der Waals surface area contributed by atoms with Gasteiger partial charge in [-0.05, 0) is 26.3 Å². The van der Waals surface area contributed by atoms with E-state index in [1.54, 1.807) is 0 Å². The lowest BCUT2D eigenvalue weighted by Gasteiger charge is -2.23. The summed E-state index contributed by atoms with van der Waals surface area (Å²) >= 11 is 0. The molecule has 2 aliphatic rings. The Morgan fingerprint density at radius 2 is 2.12 bits per heavy atom. The smallest absolute Gasteiger partial charge is 0.230 e. The monoisotopic (exact) mass is 332 g/mol. The highest BCUT2D eigenvalue weighted by atomic mass is 16.5. The molecule has 0 aromatic carbocycles. The topological polar surface area (TPSA) is 84.3 Å². The summed E-state index contributed by atoms with van der Waals surface area (Å²) in [6, 6.07) is 0.484. The Bertz CT molecular complexity index is 680. The molecule has 24 heavy (non-hydrogen) atoms. The molecule has 0 bridgehead atoms. The van der Waals surface area contributed by atoms with Gasteiger partial charge in [-0.25, -0.2) is 0 Å². The van der Waals surface area contributed by atoms with Crippen molar-refractivity contribution >= 4 is 0 Å². The van der Waals surface area contributed by atoms with Crippen LogP contribution in [0.1, 0.15) is 55.1 Å². The van der Waals surface area contributed by atoms with Crippen LogP contribution in [0.3, 0.4) is 0 Å². The maximum atomic E-state index is 5.83. The normalized spacial score (nSPS) is 22.4. The van der Waals surface area contributed by atoms with Crippen LogP contribution < -0.4 is 0 Å². The fraction of sp³-hybridized carbons (Fsp3) is 0.750. The van der Waals surface area contributed by atoms with E-state index < -0.39 is 0 Å². The van der Waals surface area contributed by atoms with Gasteiger partial charge < -0.3 is 8.94 Å². The summed E-state index contributed by atoms with van der Waals surface area (Å²) in [4.78, 5) is 8.94. The van der Waals surface area contributed by atoms with Crippen LogP contribution in [0.25, 0.3) is 0 Å². The van der Waals surface area contributed by atoms with E-state index in [4.69, 9.17) is 8.94 Å². The molecule has 0 N–H and O–H groups in total. The molecule has 1 aliphatic heterocycles. The van der Waals surface area contributed by atoms with Gasteiger partial charge in [0.25, 0.3) is 0 Å². The quantitative estimate of drug-likeness (QED) is 0.791. The molecule has 0 spiro atoms. The van der Waals surface area contributed by atoms with Crippen LogP contribution in [0.15, 0.2) is 8.94 Å². The molecule has 1 unspecified atom stereocenters. The molecule has 8 nitrogen and oxygen atoms in total. The predicted molar refractivity (Wildman–Crippen MR) is 85.1 cm³/mol. The fourth-order valence-electron chi connectivity index (χ4n) is 3.42. The zero-order valence-corrected chi connectivity index (χ0v) is 14.3. The lowest BCUT2D eigenvalue weighted by atomic mass is 9.85. The van der Waals surface area contributed by atoms with Gasteiger partial charge in [-0.15, -0.1) is 10.2 Å². The average Bonchev–Trinajstić information content (AvgIpc) is 3.20. The van der Waals surface area contributed by atoms with E-state index in [0.29, 0.717) is 24.4 Å². The van der Waals surface area contributed by atoms with Gasteiger partial charge in [-0.1, -0.05) is 11.6 Å². The van der Waals surface area contributed by atoms with E-state index in [1.165, 1.54) is 19.3 Å². The molecule has 2 aromatic rings. The Kier molecular flexibility index (Phi) is 4.32. The molecular weight excluding hydrogens is 308 g/mol. The first-order chi connectivity index (χ1) is 11.7. The summed E-state index contributed by atoms with van der Waals surface area (Å²) in [5.41, 5.74) is 0. The summed E-state index contributed by atoms with van der Waals surface area (Å²) in [5.74, 6) is 3.44. The summed E-state index contributed by atoms with van der Waals surface area (Å²) in [6.07, 6.45) is 4.78. The average molecular weight is 332 g/mol. The molecule has 3 heterocycles. The molecule has 8 heteroatoms. The molecule has 1 saturated heterocycles. The van der Waals surface area contributed by atoms with Crippen molar-refractivity contribution in [3.63, 3.8) is 0 Å². The Morgan fingerprint density at radius 1 is 1.25 bits per heavy atom. The van der Waals surface area contributed by atoms with E-state index in [-0.39, 0.29) is 0 Å². The van der Waals surface area contributed by atoms with Crippen LogP contribution in [0, 0.1) is 6.92 Å². The van der Waals surface area contributed by atoms with Crippen LogP contribution in [0.2, 0.25) is 0 Å². The molecule has 130 valence electrons. The number of rotatable bonds is 6. The van der Waals surface area contributed by atoms with E-state index in [0.717, 1.165) is 43.7 Å². The van der Waals surface area contributed by atoms with Gasteiger partial charge in [0.2, 0.25) is 17.7 Å². The minimum absolute atomic E-state index is 0.484. The molecular formula is C16H24N6O2. The molecule has 2 aromatic heterocycles. The second-order valence-electron chi connectivity index (χ2n) is 6.98. The van der Waals surface area contributed by atoms with Gasteiger partial charge >= 0.3 is 0 Å². The number of likely N-dealkylation sites (N-methyl/N-ethyl adjacent to an activating group) is 1. The fourth-order valence-corrected chi connectivity index (χ4v) is 3.42. The highest BCUT2D eigenvalue weighted by Gasteiger charge is 2.29. The van der Waals surface area contributed by atoms with Crippen LogP contribution in [0.4, 0.5) is 0 Å². The van der Waals surface area contributed by atoms with E-state index in [2.05, 4.69) is 37.2 Å². The molecule has 4 rings (SSSR count). The lowest BCUT2D eigenvalue weighted by molar-refractivity contribution is 0.208. The minimum Gasteiger partial charge on any atom is -0.424 e. The number of nitrogens with zero attached hydrogens (tertiary/aromatic N) is 6. The molecule has 0 amide bonds. The molecule has 1 aliphatic carbocycles. The Hall–Kier alpha value is -1.80. The largest absolute Gasteiger partial charge is 0.424 e. The van der Waals surface area contributed by atoms with Gasteiger partial charge in [-0.3, -0.25) is 9.80 Å². The first kappa shape index (κ1) is 15.7. The van der Waals surface area contributed by atoms with Gasteiger partial charge in [-0.2, -0.15) is 4.98 Å². The van der Waals surface area contributed by atoms with Crippen LogP contribution in [0.5, 0.6) is 0 Å². The summed E-state index contributed by atoms with van der Waals surface area (Å²) in [6.45, 7) is 5.31. The first-order valence-electron chi connectivity index (χ1n) is 8.71. The Balaban J connectivity index is 1.28. The van der Waals surface area contributed by atoms with Gasteiger partial charge in [0.1, 0.15) is 0 Å². The minimum atomic E-state index is 0.484. The molecule has 0 radical (unpaired) electrons. The second kappa shape index (κ2) is 6.60. The second-order valence-corrected chi connectivity index (χ2v) is 6.98. The van der Waals surface area contributed by atoms with E-state index in [1.807, 2.05) is 6.92 Å². The highest BCUT2D eigenvalue weighted by molar-refractivity contribution is 4.97. The van der Waals surface area contributed by atoms with Crippen molar-refractivity contribution in [2.24, 2.45) is 0 Å². The SMILES string of the molecule is Cc1nc(CN(C)C2CCN(Cc3nnc(C4CCC4)o3)C2)no1. The van der Waals surface area contributed by atoms with Gasteiger partial charge in [0.15, 0.2) is 5.82 Å². The van der Waals surface area contributed by atoms with Crippen molar-refractivity contribution in [3.8, 4) is 0 Å². The van der Waals surface area contributed by atoms with Crippen molar-refractivity contribution in [2.45, 2.75) is 57.7 Å².